The van der Waals surface area contributed by atoms with Crippen LogP contribution in [0.25, 0.3) is 33.2 Å². The average molecular weight is 580 g/mol. The van der Waals surface area contributed by atoms with Gasteiger partial charge in [-0.1, -0.05) is 25.0 Å². The predicted octanol–water partition coefficient (Wildman–Crippen LogP) is 2.38. The molecule has 4 aromatic rings. The zero-order valence-corrected chi connectivity index (χ0v) is 24.8. The highest BCUT2D eigenvalue weighted by Gasteiger charge is 2.40. The molecule has 9 nitrogen and oxygen atoms in total. The molecule has 1 atom stereocenters. The summed E-state index contributed by atoms with van der Waals surface area (Å²) in [6.45, 7) is 9.22. The van der Waals surface area contributed by atoms with E-state index in [4.69, 9.17) is 28.5 Å². The molecule has 0 saturated heterocycles. The molecule has 41 heavy (non-hydrogen) atoms. The Kier molecular flexibility index (Phi) is 7.74. The number of carbonyl (C=O) groups excluding carboxylic acids is 1. The zero-order valence-electron chi connectivity index (χ0n) is 24.0. The maximum Gasteiger partial charge on any atom is 0.349 e. The van der Waals surface area contributed by atoms with Gasteiger partial charge in [-0.2, -0.15) is 4.90 Å². The first-order valence-corrected chi connectivity index (χ1v) is 13.6. The van der Waals surface area contributed by atoms with Crippen LogP contribution in [-0.4, -0.2) is 45.0 Å². The molecule has 2 aliphatic heterocycles. The van der Waals surface area contributed by atoms with Crippen LogP contribution < -0.4 is 40.9 Å². The summed E-state index contributed by atoms with van der Waals surface area (Å²) in [6, 6.07) is 7.68. The molecule has 2 aromatic heterocycles. The second-order valence-electron chi connectivity index (χ2n) is 10.3. The Morgan fingerprint density at radius 1 is 1.17 bits per heavy atom. The van der Waals surface area contributed by atoms with Crippen molar-refractivity contribution in [1.82, 2.24) is 5.10 Å². The number of aromatic nitrogens is 2. The molecule has 0 bridgehead atoms. The van der Waals surface area contributed by atoms with E-state index in [9.17, 15) is 4.79 Å². The number of methoxy groups -OCH3 is 3. The van der Waals surface area contributed by atoms with Crippen LogP contribution in [0, 0.1) is 0 Å². The van der Waals surface area contributed by atoms with E-state index < -0.39 is 0 Å². The van der Waals surface area contributed by atoms with Gasteiger partial charge in [-0.15, -0.1) is 4.68 Å². The Bertz CT molecular complexity index is 1680. The fraction of sp³-hybridized carbons (Fsp3) is 0.387. The summed E-state index contributed by atoms with van der Waals surface area (Å²) in [7, 11) is 4.87. The second kappa shape index (κ2) is 11.1. The number of anilines is 1. The van der Waals surface area contributed by atoms with Gasteiger partial charge in [0.1, 0.15) is 35.4 Å². The lowest BCUT2D eigenvalue weighted by molar-refractivity contribution is -0.741. The third-order valence-electron chi connectivity index (χ3n) is 7.81. The monoisotopic (exact) mass is 579 g/mol. The van der Waals surface area contributed by atoms with Gasteiger partial charge in [-0.05, 0) is 37.1 Å². The molecule has 2 aliphatic rings. The summed E-state index contributed by atoms with van der Waals surface area (Å²) in [5.74, 6) is 3.37. The molecule has 10 heteroatoms. The molecule has 216 valence electrons. The number of unbranched alkanes of at least 4 members (excludes halogenated alkanes) is 1. The number of ether oxygens (including phenoxy) is 4. The number of hydrogen-bond acceptors (Lipinski definition) is 7. The number of halogens is 1. The number of carbonyl (C=O) groups is 1. The van der Waals surface area contributed by atoms with Crippen molar-refractivity contribution < 1.29 is 45.2 Å². The predicted molar refractivity (Wildman–Crippen MR) is 152 cm³/mol. The van der Waals surface area contributed by atoms with Crippen molar-refractivity contribution >= 4 is 33.7 Å². The third kappa shape index (κ3) is 4.52. The molecule has 0 unspecified atom stereocenters. The number of amides is 1. The van der Waals surface area contributed by atoms with E-state index in [1.807, 2.05) is 40.8 Å². The summed E-state index contributed by atoms with van der Waals surface area (Å²) in [5, 5.41) is 6.76. The Morgan fingerprint density at radius 3 is 2.61 bits per heavy atom. The Morgan fingerprint density at radius 2 is 1.93 bits per heavy atom. The second-order valence-corrected chi connectivity index (χ2v) is 10.3. The largest absolute Gasteiger partial charge is 1.00 e. The van der Waals surface area contributed by atoms with Crippen LogP contribution in [-0.2, 0) is 17.8 Å². The van der Waals surface area contributed by atoms with Gasteiger partial charge in [0.05, 0.1) is 39.7 Å². The zero-order chi connectivity index (χ0) is 28.1. The molecular formula is C31H34ClN3O6. The molecule has 0 N–H and O–H groups in total. The fourth-order valence-electron chi connectivity index (χ4n) is 5.75. The minimum Gasteiger partial charge on any atom is -1.00 e. The number of furan rings is 1. The maximum absolute atomic E-state index is 13.2. The number of hydrogen-bond donors (Lipinski definition) is 0. The van der Waals surface area contributed by atoms with Crippen LogP contribution in [0.5, 0.6) is 23.0 Å². The van der Waals surface area contributed by atoms with Gasteiger partial charge in [0.25, 0.3) is 0 Å². The quantitative estimate of drug-likeness (QED) is 0.234. The molecule has 6 rings (SSSR count). The van der Waals surface area contributed by atoms with E-state index in [2.05, 4.69) is 13.5 Å². The van der Waals surface area contributed by atoms with E-state index in [1.165, 1.54) is 0 Å². The molecule has 0 fully saturated rings. The molecule has 0 saturated carbocycles. The van der Waals surface area contributed by atoms with Gasteiger partial charge in [-0.3, -0.25) is 0 Å². The van der Waals surface area contributed by atoms with E-state index in [0.717, 1.165) is 46.1 Å². The van der Waals surface area contributed by atoms with Gasteiger partial charge < -0.3 is 35.8 Å². The minimum absolute atomic E-state index is 0. The highest BCUT2D eigenvalue weighted by molar-refractivity contribution is 6.16. The van der Waals surface area contributed by atoms with Crippen LogP contribution in [0.15, 0.2) is 40.8 Å². The normalized spacial score (nSPS) is 15.8. The maximum atomic E-state index is 13.2. The van der Waals surface area contributed by atoms with Crippen molar-refractivity contribution in [2.75, 3.05) is 32.8 Å². The summed E-state index contributed by atoms with van der Waals surface area (Å²) < 4.78 is 31.8. The van der Waals surface area contributed by atoms with Gasteiger partial charge in [0.2, 0.25) is 5.58 Å². The van der Waals surface area contributed by atoms with E-state index >= 15 is 0 Å². The summed E-state index contributed by atoms with van der Waals surface area (Å²) in [6.07, 6.45) is 2.77. The van der Waals surface area contributed by atoms with E-state index in [-0.39, 0.29) is 24.4 Å². The van der Waals surface area contributed by atoms with Gasteiger partial charge in [-0.25, -0.2) is 4.79 Å². The average Bonchev–Trinajstić information content (AvgIpc) is 3.57. The first-order chi connectivity index (χ1) is 19.4. The summed E-state index contributed by atoms with van der Waals surface area (Å²) in [4.78, 5) is 15.0. The Labute approximate surface area is 245 Å². The minimum atomic E-state index is -0.102. The smallest absolute Gasteiger partial charge is 0.349 e. The van der Waals surface area contributed by atoms with Crippen molar-refractivity contribution in [2.24, 2.45) is 0 Å². The van der Waals surface area contributed by atoms with Crippen molar-refractivity contribution in [3.8, 4) is 34.3 Å². The highest BCUT2D eigenvalue weighted by atomic mass is 35.5. The van der Waals surface area contributed by atoms with Crippen LogP contribution in [0.1, 0.15) is 38.7 Å². The number of benzene rings is 2. The molecule has 0 spiro atoms. The van der Waals surface area contributed by atoms with Crippen molar-refractivity contribution in [1.29, 1.82) is 0 Å². The van der Waals surface area contributed by atoms with Crippen LogP contribution >= 0.6 is 0 Å². The summed E-state index contributed by atoms with van der Waals surface area (Å²) >= 11 is 0. The standard InChI is InChI=1S/C31H34N3O6.ClH/c1-7-8-12-33-26(35)11-13-34-31(33)30-27(19-14-24(36-4)25(37-5)16-23(19)40-30)28(32-34)18-9-10-21-20(29(18)38-6)15-22(39-21)17(2)3;/h9-10,14,16,22H,2,7-8,11-13,15H2,1,3-6H3;1H/q+1;/p-1/t22-;/m1./s1. The van der Waals surface area contributed by atoms with Crippen LogP contribution in [0.3, 0.4) is 0 Å². The number of rotatable bonds is 8. The highest BCUT2D eigenvalue weighted by Crippen LogP contribution is 2.48. The lowest BCUT2D eigenvalue weighted by atomic mass is 9.98. The number of fused-ring (bicyclic) bond motifs is 6. The van der Waals surface area contributed by atoms with Gasteiger partial charge >= 0.3 is 11.7 Å². The lowest BCUT2D eigenvalue weighted by Gasteiger charge is -2.22. The number of nitrogens with zero attached hydrogens (tertiary/aromatic N) is 3. The van der Waals surface area contributed by atoms with Crippen molar-refractivity contribution in [3.63, 3.8) is 0 Å². The third-order valence-corrected chi connectivity index (χ3v) is 7.81. The first kappa shape index (κ1) is 28.5. The SMILES string of the molecule is C=C(C)[C@H]1Cc2c(ccc(-c3n[n+]4c(c5oc6cc(OC)c(OC)cc6c35)N(CCCC)C(=O)CC4)c2OC)O1.[Cl-]. The number of aryl methyl sites for hydroxylation is 1. The Balaban J connectivity index is 0.00000337. The van der Waals surface area contributed by atoms with Gasteiger partial charge in [0.15, 0.2) is 11.5 Å². The lowest BCUT2D eigenvalue weighted by Crippen LogP contribution is -3.00. The molecule has 1 amide bonds. The topological polar surface area (TPSA) is 87.1 Å². The van der Waals surface area contributed by atoms with Crippen molar-refractivity contribution in [2.45, 2.75) is 52.2 Å². The molecule has 0 radical (unpaired) electrons. The van der Waals surface area contributed by atoms with Gasteiger partial charge in [0, 0.05) is 29.0 Å². The molecule has 2 aromatic carbocycles. The van der Waals surface area contributed by atoms with E-state index in [0.29, 0.717) is 65.9 Å². The first-order valence-electron chi connectivity index (χ1n) is 13.6. The molecular weight excluding hydrogens is 546 g/mol. The fourth-order valence-corrected chi connectivity index (χ4v) is 5.75. The van der Waals surface area contributed by atoms with Crippen LogP contribution in [0.2, 0.25) is 0 Å². The van der Waals surface area contributed by atoms with Crippen molar-refractivity contribution in [3.05, 3.63) is 42.0 Å². The Hall–Kier alpha value is -3.98. The molecule has 4 heterocycles. The molecule has 0 aliphatic carbocycles. The van der Waals surface area contributed by atoms with E-state index in [1.54, 1.807) is 21.3 Å². The summed E-state index contributed by atoms with van der Waals surface area (Å²) in [5.41, 5.74) is 4.68. The van der Waals surface area contributed by atoms with Crippen LogP contribution in [0.4, 0.5) is 5.82 Å².